The van der Waals surface area contributed by atoms with Crippen LogP contribution in [0.5, 0.6) is 17.2 Å². The lowest BCUT2D eigenvalue weighted by Crippen LogP contribution is -2.31. The standard InChI is InChI=1S/C25H29NO5/c27-19-15-21(29)24(30-14-8-7-13-26-18-11-5-2-6-12-18)25-23(19)20(28)16-22(31-25)17-9-3-1-4-10-17/h1,3-4,9-10,15-16,18,26-27,29H,2,5-8,11-14H2. The van der Waals surface area contributed by atoms with Gasteiger partial charge in [-0.1, -0.05) is 49.6 Å². The molecule has 3 aromatic rings. The van der Waals surface area contributed by atoms with E-state index in [1.54, 1.807) is 0 Å². The lowest BCUT2D eigenvalue weighted by molar-refractivity contribution is 0.285. The van der Waals surface area contributed by atoms with Gasteiger partial charge in [0.05, 0.1) is 6.61 Å². The Hall–Kier alpha value is -2.99. The second kappa shape index (κ2) is 9.88. The van der Waals surface area contributed by atoms with Crippen LogP contribution in [0.3, 0.4) is 0 Å². The number of nitrogens with one attached hydrogen (secondary N) is 1. The molecule has 0 spiro atoms. The van der Waals surface area contributed by atoms with Gasteiger partial charge in [0.15, 0.2) is 16.8 Å². The first kappa shape index (κ1) is 21.2. The van der Waals surface area contributed by atoms with E-state index in [1.807, 2.05) is 30.3 Å². The van der Waals surface area contributed by atoms with E-state index >= 15 is 0 Å². The molecule has 164 valence electrons. The van der Waals surface area contributed by atoms with E-state index in [9.17, 15) is 15.0 Å². The molecule has 0 atom stereocenters. The third-order valence-corrected chi connectivity index (χ3v) is 5.83. The zero-order chi connectivity index (χ0) is 21.6. The lowest BCUT2D eigenvalue weighted by Gasteiger charge is -2.22. The first-order chi connectivity index (χ1) is 15.1. The quantitative estimate of drug-likeness (QED) is 0.444. The molecule has 0 saturated heterocycles. The van der Waals surface area contributed by atoms with E-state index in [1.165, 1.54) is 38.2 Å². The van der Waals surface area contributed by atoms with Crippen molar-refractivity contribution in [3.63, 3.8) is 0 Å². The molecule has 31 heavy (non-hydrogen) atoms. The van der Waals surface area contributed by atoms with E-state index in [0.29, 0.717) is 18.4 Å². The smallest absolute Gasteiger partial charge is 0.205 e. The average molecular weight is 424 g/mol. The predicted molar refractivity (Wildman–Crippen MR) is 121 cm³/mol. The fourth-order valence-electron chi connectivity index (χ4n) is 4.18. The number of benzene rings is 2. The third kappa shape index (κ3) is 5.02. The van der Waals surface area contributed by atoms with Gasteiger partial charge in [0.25, 0.3) is 0 Å². The Balaban J connectivity index is 1.47. The fraction of sp³-hybridized carbons (Fsp3) is 0.400. The Kier molecular flexibility index (Phi) is 6.77. The van der Waals surface area contributed by atoms with Crippen LogP contribution < -0.4 is 15.5 Å². The normalized spacial score (nSPS) is 14.7. The zero-order valence-electron chi connectivity index (χ0n) is 17.6. The van der Waals surface area contributed by atoms with Crippen molar-refractivity contribution in [1.29, 1.82) is 0 Å². The van der Waals surface area contributed by atoms with Gasteiger partial charge >= 0.3 is 0 Å². The Bertz CT molecular complexity index is 1070. The van der Waals surface area contributed by atoms with Gasteiger partial charge in [-0.3, -0.25) is 4.79 Å². The summed E-state index contributed by atoms with van der Waals surface area (Å²) in [6.07, 6.45) is 8.22. The highest BCUT2D eigenvalue weighted by Crippen LogP contribution is 2.40. The number of fused-ring (bicyclic) bond motifs is 1. The molecule has 6 nitrogen and oxygen atoms in total. The Labute approximate surface area is 181 Å². The minimum Gasteiger partial charge on any atom is -0.507 e. The van der Waals surface area contributed by atoms with Crippen LogP contribution >= 0.6 is 0 Å². The summed E-state index contributed by atoms with van der Waals surface area (Å²) in [7, 11) is 0. The number of phenolic OH excluding ortho intramolecular Hbond substituents is 2. The predicted octanol–water partition coefficient (Wildman–Crippen LogP) is 4.95. The van der Waals surface area contributed by atoms with Crippen LogP contribution in [0.1, 0.15) is 44.9 Å². The summed E-state index contributed by atoms with van der Waals surface area (Å²) < 4.78 is 11.7. The molecule has 2 aromatic carbocycles. The van der Waals surface area contributed by atoms with Crippen molar-refractivity contribution in [2.75, 3.05) is 13.2 Å². The number of phenols is 2. The van der Waals surface area contributed by atoms with Gasteiger partial charge in [-0.05, 0) is 32.2 Å². The molecule has 1 heterocycles. The first-order valence-corrected chi connectivity index (χ1v) is 11.1. The van der Waals surface area contributed by atoms with E-state index in [-0.39, 0.29) is 33.6 Å². The molecular formula is C25H29NO5. The maximum absolute atomic E-state index is 12.7. The largest absolute Gasteiger partial charge is 0.507 e. The van der Waals surface area contributed by atoms with Crippen molar-refractivity contribution in [3.05, 3.63) is 52.7 Å². The van der Waals surface area contributed by atoms with Crippen molar-refractivity contribution in [1.82, 2.24) is 5.32 Å². The Morgan fingerprint density at radius 3 is 2.55 bits per heavy atom. The van der Waals surface area contributed by atoms with Gasteiger partial charge in [0.2, 0.25) is 5.75 Å². The van der Waals surface area contributed by atoms with Crippen LogP contribution in [0, 0.1) is 0 Å². The summed E-state index contributed by atoms with van der Waals surface area (Å²) in [5.41, 5.74) is 0.396. The van der Waals surface area contributed by atoms with Crippen molar-refractivity contribution in [2.24, 2.45) is 0 Å². The van der Waals surface area contributed by atoms with E-state index in [4.69, 9.17) is 9.15 Å². The van der Waals surface area contributed by atoms with E-state index in [0.717, 1.165) is 31.0 Å². The minimum absolute atomic E-state index is 0.00597. The van der Waals surface area contributed by atoms with Crippen molar-refractivity contribution >= 4 is 11.0 Å². The van der Waals surface area contributed by atoms with Gasteiger partial charge < -0.3 is 24.7 Å². The maximum Gasteiger partial charge on any atom is 0.205 e. The van der Waals surface area contributed by atoms with Crippen LogP contribution in [0.2, 0.25) is 0 Å². The van der Waals surface area contributed by atoms with Gasteiger partial charge in [-0.2, -0.15) is 0 Å². The molecule has 1 fully saturated rings. The van der Waals surface area contributed by atoms with Crippen LogP contribution in [-0.2, 0) is 0 Å². The SMILES string of the molecule is O=c1cc(-c2ccccc2)oc2c(OCCCCNC3CCCCC3)c(O)cc(O)c12. The molecule has 1 aliphatic rings. The van der Waals surface area contributed by atoms with E-state index < -0.39 is 0 Å². The summed E-state index contributed by atoms with van der Waals surface area (Å²) in [6.45, 7) is 1.31. The minimum atomic E-state index is -0.390. The van der Waals surface area contributed by atoms with Crippen molar-refractivity contribution in [3.8, 4) is 28.6 Å². The van der Waals surface area contributed by atoms with Crippen LogP contribution in [0.15, 0.2) is 51.7 Å². The van der Waals surface area contributed by atoms with Gasteiger partial charge in [0.1, 0.15) is 16.9 Å². The number of unbranched alkanes of at least 4 members (excludes halogenated alkanes) is 1. The van der Waals surface area contributed by atoms with Crippen molar-refractivity contribution in [2.45, 2.75) is 51.0 Å². The Morgan fingerprint density at radius 2 is 1.77 bits per heavy atom. The second-order valence-corrected chi connectivity index (χ2v) is 8.13. The first-order valence-electron chi connectivity index (χ1n) is 11.1. The summed E-state index contributed by atoms with van der Waals surface area (Å²) in [5, 5.41) is 24.2. The molecule has 0 amide bonds. The number of rotatable bonds is 8. The summed E-state index contributed by atoms with van der Waals surface area (Å²) in [6, 6.07) is 12.3. The number of aromatic hydroxyl groups is 2. The van der Waals surface area contributed by atoms with Crippen LogP contribution in [0.25, 0.3) is 22.3 Å². The molecule has 6 heteroatoms. The molecule has 1 saturated carbocycles. The van der Waals surface area contributed by atoms with Crippen LogP contribution in [0.4, 0.5) is 0 Å². The third-order valence-electron chi connectivity index (χ3n) is 5.83. The van der Waals surface area contributed by atoms with Crippen molar-refractivity contribution < 1.29 is 19.4 Å². The zero-order valence-corrected chi connectivity index (χ0v) is 17.6. The number of hydrogen-bond acceptors (Lipinski definition) is 6. The molecule has 0 unspecified atom stereocenters. The molecule has 1 aliphatic carbocycles. The van der Waals surface area contributed by atoms with Gasteiger partial charge in [0, 0.05) is 23.7 Å². The molecule has 4 rings (SSSR count). The summed E-state index contributed by atoms with van der Waals surface area (Å²) >= 11 is 0. The average Bonchev–Trinajstić information content (AvgIpc) is 2.78. The number of ether oxygens (including phenoxy) is 1. The van der Waals surface area contributed by atoms with E-state index in [2.05, 4.69) is 5.32 Å². The highest BCUT2D eigenvalue weighted by atomic mass is 16.5. The topological polar surface area (TPSA) is 91.9 Å². The second-order valence-electron chi connectivity index (χ2n) is 8.13. The van der Waals surface area contributed by atoms with Gasteiger partial charge in [-0.25, -0.2) is 0 Å². The molecule has 0 bridgehead atoms. The lowest BCUT2D eigenvalue weighted by atomic mass is 9.95. The number of hydrogen-bond donors (Lipinski definition) is 3. The summed E-state index contributed by atoms with van der Waals surface area (Å²) in [4.78, 5) is 12.7. The van der Waals surface area contributed by atoms with Gasteiger partial charge in [-0.15, -0.1) is 0 Å². The highest BCUT2D eigenvalue weighted by molar-refractivity contribution is 5.91. The monoisotopic (exact) mass is 423 g/mol. The molecular weight excluding hydrogens is 394 g/mol. The molecule has 0 aliphatic heterocycles. The molecule has 1 aromatic heterocycles. The fourth-order valence-corrected chi connectivity index (χ4v) is 4.18. The van der Waals surface area contributed by atoms with Crippen LogP contribution in [-0.4, -0.2) is 29.4 Å². The Morgan fingerprint density at radius 1 is 1.00 bits per heavy atom. The highest BCUT2D eigenvalue weighted by Gasteiger charge is 2.19. The molecule has 3 N–H and O–H groups in total. The maximum atomic E-state index is 12.7. The molecule has 0 radical (unpaired) electrons. The summed E-state index contributed by atoms with van der Waals surface area (Å²) in [5.74, 6) is -0.142.